The van der Waals surface area contributed by atoms with E-state index in [-0.39, 0.29) is 0 Å². The van der Waals surface area contributed by atoms with Gasteiger partial charge >= 0.3 is 0 Å². The van der Waals surface area contributed by atoms with Gasteiger partial charge in [0.05, 0.1) is 23.9 Å². The average Bonchev–Trinajstić information content (AvgIpc) is 3.45. The van der Waals surface area contributed by atoms with E-state index >= 15 is 0 Å². The molecule has 3 heteroatoms. The fourth-order valence-corrected chi connectivity index (χ4v) is 5.57. The van der Waals surface area contributed by atoms with Crippen molar-refractivity contribution in [3.8, 4) is 22.4 Å². The van der Waals surface area contributed by atoms with Crippen molar-refractivity contribution in [2.75, 3.05) is 6.54 Å². The van der Waals surface area contributed by atoms with Gasteiger partial charge in [0.1, 0.15) is 0 Å². The molecule has 1 aliphatic carbocycles. The molecule has 1 saturated carbocycles. The average molecular weight is 439 g/mol. The minimum atomic E-state index is -0.451. The molecule has 0 bridgehead atoms. The molecule has 1 aliphatic rings. The minimum Gasteiger partial charge on any atom is -0.390 e. The molecule has 2 N–H and O–H groups in total. The number of aryl methyl sites for hydroxylation is 2. The van der Waals surface area contributed by atoms with Crippen LogP contribution in [0.4, 0.5) is 0 Å². The van der Waals surface area contributed by atoms with Crippen LogP contribution in [0.2, 0.25) is 0 Å². The molecule has 3 nitrogen and oxygen atoms in total. The van der Waals surface area contributed by atoms with Crippen molar-refractivity contribution in [1.29, 1.82) is 0 Å². The zero-order valence-corrected chi connectivity index (χ0v) is 19.7. The number of nitrogens with one attached hydrogen (secondary N) is 1. The van der Waals surface area contributed by atoms with Gasteiger partial charge in [0.15, 0.2) is 0 Å². The van der Waals surface area contributed by atoms with Gasteiger partial charge in [0.2, 0.25) is 0 Å². The molecule has 0 amide bonds. The van der Waals surface area contributed by atoms with Crippen molar-refractivity contribution >= 4 is 10.9 Å². The second kappa shape index (κ2) is 9.54. The van der Waals surface area contributed by atoms with Gasteiger partial charge in [-0.3, -0.25) is 0 Å². The Morgan fingerprint density at radius 1 is 0.909 bits per heavy atom. The Hall–Kier alpha value is -2.88. The van der Waals surface area contributed by atoms with E-state index in [2.05, 4.69) is 96.5 Å². The number of aliphatic hydroxyl groups is 1. The van der Waals surface area contributed by atoms with Crippen LogP contribution in [0.15, 0.2) is 72.8 Å². The van der Waals surface area contributed by atoms with Crippen LogP contribution in [0, 0.1) is 13.8 Å². The van der Waals surface area contributed by atoms with Gasteiger partial charge in [0.25, 0.3) is 0 Å². The Bertz CT molecular complexity index is 1220. The van der Waals surface area contributed by atoms with E-state index in [0.29, 0.717) is 19.1 Å². The largest absolute Gasteiger partial charge is 0.390 e. The Morgan fingerprint density at radius 3 is 2.21 bits per heavy atom. The van der Waals surface area contributed by atoms with Crippen molar-refractivity contribution in [2.24, 2.45) is 0 Å². The van der Waals surface area contributed by atoms with Gasteiger partial charge < -0.3 is 15.0 Å². The van der Waals surface area contributed by atoms with E-state index in [1.807, 2.05) is 0 Å². The van der Waals surface area contributed by atoms with Gasteiger partial charge in [-0.05, 0) is 49.4 Å². The number of aromatic nitrogens is 1. The second-order valence-corrected chi connectivity index (χ2v) is 9.59. The molecule has 1 heterocycles. The molecule has 4 aromatic rings. The Kier molecular flexibility index (Phi) is 6.34. The highest BCUT2D eigenvalue weighted by Crippen LogP contribution is 2.42. The standard InChI is InChI=1S/C30H34N2O/c1-21-17-22(2)29-27(18-21)28(23-11-5-3-6-12-23)30(24-13-7-4-8-14-24)32(29)20-26(33)19-31-25-15-9-10-16-25/h3-8,11-14,17-18,25-26,31,33H,9-10,15-16,19-20H2,1-2H3. The fraction of sp³-hybridized carbons (Fsp3) is 0.333. The monoisotopic (exact) mass is 438 g/mol. The first-order valence-corrected chi connectivity index (χ1v) is 12.3. The highest BCUT2D eigenvalue weighted by Gasteiger charge is 2.23. The van der Waals surface area contributed by atoms with Crippen molar-refractivity contribution in [2.45, 2.75) is 58.2 Å². The number of nitrogens with zero attached hydrogens (tertiary/aromatic N) is 1. The van der Waals surface area contributed by atoms with Crippen LogP contribution < -0.4 is 5.32 Å². The van der Waals surface area contributed by atoms with E-state index in [0.717, 1.165) is 0 Å². The Morgan fingerprint density at radius 2 is 1.55 bits per heavy atom. The molecule has 0 spiro atoms. The molecule has 1 fully saturated rings. The molecular weight excluding hydrogens is 404 g/mol. The first-order valence-electron chi connectivity index (χ1n) is 12.3. The van der Waals surface area contributed by atoms with Crippen LogP contribution >= 0.6 is 0 Å². The summed E-state index contributed by atoms with van der Waals surface area (Å²) in [6.07, 6.45) is 4.60. The minimum absolute atomic E-state index is 0.451. The lowest BCUT2D eigenvalue weighted by Crippen LogP contribution is -2.36. The summed E-state index contributed by atoms with van der Waals surface area (Å²) in [4.78, 5) is 0. The highest BCUT2D eigenvalue weighted by molar-refractivity contribution is 6.06. The third-order valence-corrected chi connectivity index (χ3v) is 6.99. The fourth-order valence-electron chi connectivity index (χ4n) is 5.57. The number of rotatable bonds is 7. The van der Waals surface area contributed by atoms with E-state index in [9.17, 15) is 5.11 Å². The van der Waals surface area contributed by atoms with Gasteiger partial charge in [0, 0.05) is 23.5 Å². The zero-order chi connectivity index (χ0) is 22.8. The van der Waals surface area contributed by atoms with Gasteiger partial charge in [-0.2, -0.15) is 0 Å². The predicted molar refractivity (Wildman–Crippen MR) is 139 cm³/mol. The van der Waals surface area contributed by atoms with Crippen molar-refractivity contribution in [3.63, 3.8) is 0 Å². The smallest absolute Gasteiger partial charge is 0.0843 e. The topological polar surface area (TPSA) is 37.2 Å². The molecule has 1 unspecified atom stereocenters. The molecule has 170 valence electrons. The maximum Gasteiger partial charge on any atom is 0.0843 e. The maximum absolute atomic E-state index is 11.1. The molecule has 0 radical (unpaired) electrons. The summed E-state index contributed by atoms with van der Waals surface area (Å²) >= 11 is 0. The molecule has 3 aromatic carbocycles. The normalized spacial score (nSPS) is 15.4. The van der Waals surface area contributed by atoms with E-state index in [1.165, 1.54) is 70.1 Å². The molecule has 33 heavy (non-hydrogen) atoms. The quantitative estimate of drug-likeness (QED) is 0.346. The van der Waals surface area contributed by atoms with E-state index in [4.69, 9.17) is 0 Å². The maximum atomic E-state index is 11.1. The summed E-state index contributed by atoms with van der Waals surface area (Å²) in [7, 11) is 0. The lowest BCUT2D eigenvalue weighted by Gasteiger charge is -2.20. The first-order chi connectivity index (χ1) is 16.1. The molecular formula is C30H34N2O. The number of fused-ring (bicyclic) bond motifs is 1. The van der Waals surface area contributed by atoms with E-state index in [1.54, 1.807) is 0 Å². The van der Waals surface area contributed by atoms with Crippen molar-refractivity contribution < 1.29 is 5.11 Å². The van der Waals surface area contributed by atoms with Crippen LogP contribution in [-0.2, 0) is 6.54 Å². The van der Waals surface area contributed by atoms with Crippen LogP contribution in [-0.4, -0.2) is 28.4 Å². The van der Waals surface area contributed by atoms with Gasteiger partial charge in [-0.15, -0.1) is 0 Å². The summed E-state index contributed by atoms with van der Waals surface area (Å²) < 4.78 is 2.36. The van der Waals surface area contributed by atoms with Gasteiger partial charge in [-0.1, -0.05) is 85.1 Å². The summed E-state index contributed by atoms with van der Waals surface area (Å²) in [5.74, 6) is 0. The lowest BCUT2D eigenvalue weighted by molar-refractivity contribution is 0.149. The zero-order valence-electron chi connectivity index (χ0n) is 19.7. The summed E-state index contributed by atoms with van der Waals surface area (Å²) in [6.45, 7) is 5.56. The van der Waals surface area contributed by atoms with Crippen LogP contribution in [0.5, 0.6) is 0 Å². The predicted octanol–water partition coefficient (Wildman–Crippen LogP) is 6.49. The highest BCUT2D eigenvalue weighted by atomic mass is 16.3. The third kappa shape index (κ3) is 4.48. The molecule has 1 atom stereocenters. The number of hydrogen-bond donors (Lipinski definition) is 2. The summed E-state index contributed by atoms with van der Waals surface area (Å²) in [5.41, 5.74) is 8.56. The van der Waals surface area contributed by atoms with Crippen LogP contribution in [0.3, 0.4) is 0 Å². The molecule has 0 saturated heterocycles. The third-order valence-electron chi connectivity index (χ3n) is 6.99. The second-order valence-electron chi connectivity index (χ2n) is 9.59. The van der Waals surface area contributed by atoms with Crippen LogP contribution in [0.25, 0.3) is 33.3 Å². The van der Waals surface area contributed by atoms with Crippen molar-refractivity contribution in [3.05, 3.63) is 83.9 Å². The summed E-state index contributed by atoms with van der Waals surface area (Å²) in [5, 5.41) is 16.0. The summed E-state index contributed by atoms with van der Waals surface area (Å²) in [6, 6.07) is 26.4. The number of hydrogen-bond acceptors (Lipinski definition) is 2. The van der Waals surface area contributed by atoms with Gasteiger partial charge in [-0.25, -0.2) is 0 Å². The Labute approximate surface area is 197 Å². The van der Waals surface area contributed by atoms with E-state index < -0.39 is 6.10 Å². The lowest BCUT2D eigenvalue weighted by atomic mass is 9.97. The molecule has 1 aromatic heterocycles. The van der Waals surface area contributed by atoms with Crippen molar-refractivity contribution in [1.82, 2.24) is 9.88 Å². The first kappa shape index (κ1) is 21.9. The van der Waals surface area contributed by atoms with Crippen LogP contribution in [0.1, 0.15) is 36.8 Å². The molecule has 5 rings (SSSR count). The molecule has 0 aliphatic heterocycles. The number of benzene rings is 3. The Balaban J connectivity index is 1.66. The number of aliphatic hydroxyl groups excluding tert-OH is 1. The SMILES string of the molecule is Cc1cc(C)c2c(c1)c(-c1ccccc1)c(-c1ccccc1)n2CC(O)CNC1CCCC1.